The summed E-state index contributed by atoms with van der Waals surface area (Å²) in [5.41, 5.74) is 5.73. The molecule has 21 heavy (non-hydrogen) atoms. The van der Waals surface area contributed by atoms with Crippen molar-refractivity contribution in [1.29, 1.82) is 0 Å². The lowest BCUT2D eigenvalue weighted by Gasteiger charge is -2.20. The van der Waals surface area contributed by atoms with Gasteiger partial charge < -0.3 is 5.32 Å². The highest BCUT2D eigenvalue weighted by Gasteiger charge is 2.13. The van der Waals surface area contributed by atoms with Crippen molar-refractivity contribution in [3.8, 4) is 0 Å². The first-order chi connectivity index (χ1) is 9.88. The first kappa shape index (κ1) is 15.0. The first-order valence-electron chi connectivity index (χ1n) is 6.97. The van der Waals surface area contributed by atoms with Gasteiger partial charge >= 0.3 is 0 Å². The minimum atomic E-state index is -0.363. The van der Waals surface area contributed by atoms with Crippen molar-refractivity contribution in [2.24, 2.45) is 0 Å². The van der Waals surface area contributed by atoms with Crippen molar-refractivity contribution in [1.82, 2.24) is 0 Å². The van der Waals surface area contributed by atoms with Gasteiger partial charge in [0.05, 0.1) is 4.92 Å². The zero-order chi connectivity index (χ0) is 15.6. The molecule has 4 nitrogen and oxygen atoms in total. The number of nitro groups is 1. The van der Waals surface area contributed by atoms with E-state index in [-0.39, 0.29) is 16.7 Å². The Hall–Kier alpha value is -2.36. The average molecular weight is 284 g/mol. The SMILES string of the molecule is Cc1cc(C)c(NC(C)c2cccc([N+](=O)[O-])c2)c(C)c1. The normalized spacial score (nSPS) is 12.0. The predicted octanol–water partition coefficient (Wildman–Crippen LogP) is 4.69. The lowest BCUT2D eigenvalue weighted by Crippen LogP contribution is -2.09. The van der Waals surface area contributed by atoms with E-state index >= 15 is 0 Å². The van der Waals surface area contributed by atoms with E-state index in [4.69, 9.17) is 0 Å². The molecule has 1 atom stereocenters. The largest absolute Gasteiger partial charge is 0.378 e. The number of aryl methyl sites for hydroxylation is 3. The Kier molecular flexibility index (Phi) is 4.26. The Bertz CT molecular complexity index is 657. The molecular weight excluding hydrogens is 264 g/mol. The molecule has 0 aromatic heterocycles. The summed E-state index contributed by atoms with van der Waals surface area (Å²) < 4.78 is 0. The van der Waals surface area contributed by atoms with Gasteiger partial charge in [-0.15, -0.1) is 0 Å². The number of anilines is 1. The van der Waals surface area contributed by atoms with Gasteiger partial charge in [0, 0.05) is 23.9 Å². The minimum absolute atomic E-state index is 0.00464. The van der Waals surface area contributed by atoms with Crippen LogP contribution < -0.4 is 5.32 Å². The predicted molar refractivity (Wildman–Crippen MR) is 85.8 cm³/mol. The molecule has 0 saturated carbocycles. The Labute approximate surface area is 125 Å². The molecule has 2 aromatic rings. The molecule has 1 unspecified atom stereocenters. The Morgan fingerprint density at radius 1 is 1.10 bits per heavy atom. The third-order valence-corrected chi connectivity index (χ3v) is 3.62. The highest BCUT2D eigenvalue weighted by Crippen LogP contribution is 2.27. The van der Waals surface area contributed by atoms with Gasteiger partial charge in [0.25, 0.3) is 5.69 Å². The van der Waals surface area contributed by atoms with Gasteiger partial charge in [-0.05, 0) is 44.4 Å². The van der Waals surface area contributed by atoms with Crippen molar-refractivity contribution >= 4 is 11.4 Å². The summed E-state index contributed by atoms with van der Waals surface area (Å²) in [5.74, 6) is 0. The van der Waals surface area contributed by atoms with Gasteiger partial charge in [0.15, 0.2) is 0 Å². The number of nitrogens with zero attached hydrogens (tertiary/aromatic N) is 1. The van der Waals surface area contributed by atoms with E-state index in [1.54, 1.807) is 12.1 Å². The maximum Gasteiger partial charge on any atom is 0.269 e. The van der Waals surface area contributed by atoms with Gasteiger partial charge in [0.1, 0.15) is 0 Å². The summed E-state index contributed by atoms with van der Waals surface area (Å²) in [7, 11) is 0. The van der Waals surface area contributed by atoms with Gasteiger partial charge in [-0.2, -0.15) is 0 Å². The molecule has 2 aromatic carbocycles. The smallest absolute Gasteiger partial charge is 0.269 e. The van der Waals surface area contributed by atoms with Crippen LogP contribution in [0.2, 0.25) is 0 Å². The highest BCUT2D eigenvalue weighted by molar-refractivity contribution is 5.59. The summed E-state index contributed by atoms with van der Waals surface area (Å²) in [5, 5.41) is 14.3. The number of nitrogens with one attached hydrogen (secondary N) is 1. The second kappa shape index (κ2) is 5.95. The fourth-order valence-corrected chi connectivity index (χ4v) is 2.62. The molecule has 4 heteroatoms. The summed E-state index contributed by atoms with van der Waals surface area (Å²) in [6.07, 6.45) is 0. The highest BCUT2D eigenvalue weighted by atomic mass is 16.6. The van der Waals surface area contributed by atoms with Crippen LogP contribution in [0.3, 0.4) is 0 Å². The van der Waals surface area contributed by atoms with Crippen molar-refractivity contribution in [2.75, 3.05) is 5.32 Å². The van der Waals surface area contributed by atoms with Crippen LogP contribution in [-0.2, 0) is 0 Å². The van der Waals surface area contributed by atoms with Crippen molar-refractivity contribution in [2.45, 2.75) is 33.7 Å². The number of benzene rings is 2. The molecule has 0 spiro atoms. The van der Waals surface area contributed by atoms with Crippen LogP contribution in [0.15, 0.2) is 36.4 Å². The van der Waals surface area contributed by atoms with Crippen LogP contribution in [0.4, 0.5) is 11.4 Å². The number of rotatable bonds is 4. The Morgan fingerprint density at radius 2 is 1.71 bits per heavy atom. The Balaban J connectivity index is 2.28. The topological polar surface area (TPSA) is 55.2 Å². The molecule has 1 N–H and O–H groups in total. The molecule has 0 saturated heterocycles. The average Bonchev–Trinajstić information content (AvgIpc) is 2.42. The first-order valence-corrected chi connectivity index (χ1v) is 6.97. The molecule has 0 radical (unpaired) electrons. The van der Waals surface area contributed by atoms with Gasteiger partial charge in [-0.3, -0.25) is 10.1 Å². The number of hydrogen-bond donors (Lipinski definition) is 1. The van der Waals surface area contributed by atoms with E-state index in [0.29, 0.717) is 0 Å². The molecule has 110 valence electrons. The van der Waals surface area contributed by atoms with E-state index in [9.17, 15) is 10.1 Å². The van der Waals surface area contributed by atoms with E-state index < -0.39 is 0 Å². The van der Waals surface area contributed by atoms with Crippen molar-refractivity contribution in [3.05, 3.63) is 68.8 Å². The lowest BCUT2D eigenvalue weighted by atomic mass is 10.0. The molecular formula is C17H20N2O2. The van der Waals surface area contributed by atoms with E-state index in [1.807, 2.05) is 13.0 Å². The number of hydrogen-bond acceptors (Lipinski definition) is 3. The fraction of sp³-hybridized carbons (Fsp3) is 0.294. The second-order valence-electron chi connectivity index (χ2n) is 5.49. The molecule has 0 heterocycles. The van der Waals surface area contributed by atoms with Gasteiger partial charge in [-0.1, -0.05) is 29.8 Å². The molecule has 0 aliphatic carbocycles. The number of nitro benzene ring substituents is 1. The molecule has 2 rings (SSSR count). The number of non-ortho nitro benzene ring substituents is 1. The second-order valence-corrected chi connectivity index (χ2v) is 5.49. The Morgan fingerprint density at radius 3 is 2.29 bits per heavy atom. The van der Waals surface area contributed by atoms with E-state index in [2.05, 4.69) is 38.2 Å². The van der Waals surface area contributed by atoms with Crippen molar-refractivity contribution < 1.29 is 4.92 Å². The van der Waals surface area contributed by atoms with Gasteiger partial charge in [0.2, 0.25) is 0 Å². The fourth-order valence-electron chi connectivity index (χ4n) is 2.62. The zero-order valence-corrected chi connectivity index (χ0v) is 12.8. The van der Waals surface area contributed by atoms with Crippen LogP contribution in [0.1, 0.15) is 35.2 Å². The zero-order valence-electron chi connectivity index (χ0n) is 12.8. The summed E-state index contributed by atoms with van der Waals surface area (Å²) in [4.78, 5) is 10.5. The quantitative estimate of drug-likeness (QED) is 0.654. The van der Waals surface area contributed by atoms with Crippen molar-refractivity contribution in [3.63, 3.8) is 0 Å². The molecule has 0 aliphatic heterocycles. The molecule has 0 amide bonds. The molecule has 0 aliphatic rings. The third kappa shape index (κ3) is 3.40. The monoisotopic (exact) mass is 284 g/mol. The minimum Gasteiger partial charge on any atom is -0.378 e. The van der Waals surface area contributed by atoms with E-state index in [1.165, 1.54) is 22.8 Å². The van der Waals surface area contributed by atoms with Gasteiger partial charge in [-0.25, -0.2) is 0 Å². The van der Waals surface area contributed by atoms with Crippen LogP contribution in [0.25, 0.3) is 0 Å². The van der Waals surface area contributed by atoms with Crippen LogP contribution >= 0.6 is 0 Å². The maximum atomic E-state index is 10.9. The third-order valence-electron chi connectivity index (χ3n) is 3.62. The van der Waals surface area contributed by atoms with Crippen LogP contribution in [-0.4, -0.2) is 4.92 Å². The summed E-state index contributed by atoms with van der Waals surface area (Å²) in [6, 6.07) is 11.0. The van der Waals surface area contributed by atoms with Crippen LogP contribution in [0.5, 0.6) is 0 Å². The van der Waals surface area contributed by atoms with Crippen LogP contribution in [0, 0.1) is 30.9 Å². The lowest BCUT2D eigenvalue weighted by molar-refractivity contribution is -0.384. The summed E-state index contributed by atoms with van der Waals surface area (Å²) in [6.45, 7) is 8.23. The van der Waals surface area contributed by atoms with E-state index in [0.717, 1.165) is 11.3 Å². The maximum absolute atomic E-state index is 10.9. The molecule has 0 bridgehead atoms. The summed E-state index contributed by atoms with van der Waals surface area (Å²) >= 11 is 0. The standard InChI is InChI=1S/C17H20N2O2/c1-11-8-12(2)17(13(3)9-11)18-14(4)15-6-5-7-16(10-15)19(20)21/h5-10,14,18H,1-4H3. The molecule has 0 fully saturated rings.